The van der Waals surface area contributed by atoms with Crippen LogP contribution in [0.3, 0.4) is 0 Å². The zero-order valence-corrected chi connectivity index (χ0v) is 12.9. The minimum atomic E-state index is -0.422. The van der Waals surface area contributed by atoms with E-state index in [2.05, 4.69) is 27.3 Å². The molecule has 1 atom stereocenters. The monoisotopic (exact) mass is 346 g/mol. The molecule has 3 N–H and O–H groups in total. The molecule has 0 saturated carbocycles. The van der Waals surface area contributed by atoms with Crippen LogP contribution < -0.4 is 15.8 Å². The third kappa shape index (κ3) is 3.03. The number of nitrogens with one attached hydrogen (secondary N) is 1. The quantitative estimate of drug-likeness (QED) is 0.893. The maximum atomic E-state index is 11.3. The summed E-state index contributed by atoms with van der Waals surface area (Å²) in [4.78, 5) is 11.3. The van der Waals surface area contributed by atoms with E-state index in [1.54, 1.807) is 12.1 Å². The van der Waals surface area contributed by atoms with Gasteiger partial charge in [-0.1, -0.05) is 22.0 Å². The average Bonchev–Trinajstić information content (AvgIpc) is 2.48. The Hall–Kier alpha value is -2.01. The van der Waals surface area contributed by atoms with Crippen LogP contribution in [0.15, 0.2) is 46.9 Å². The van der Waals surface area contributed by atoms with Crippen LogP contribution in [0.1, 0.15) is 28.4 Å². The summed E-state index contributed by atoms with van der Waals surface area (Å²) in [5.74, 6) is 0.474. The highest BCUT2D eigenvalue weighted by molar-refractivity contribution is 9.10. The number of carbonyl (C=O) groups excluding carboxylic acids is 1. The van der Waals surface area contributed by atoms with Gasteiger partial charge >= 0.3 is 0 Å². The van der Waals surface area contributed by atoms with Crippen LogP contribution in [0, 0.1) is 0 Å². The van der Waals surface area contributed by atoms with Crippen molar-refractivity contribution in [2.75, 3.05) is 11.9 Å². The molecule has 108 valence electrons. The van der Waals surface area contributed by atoms with Gasteiger partial charge in [0, 0.05) is 27.7 Å². The van der Waals surface area contributed by atoms with Gasteiger partial charge in [0.15, 0.2) is 0 Å². The fraction of sp³-hybridized carbons (Fsp3) is 0.188. The fourth-order valence-corrected chi connectivity index (χ4v) is 2.86. The molecule has 1 unspecified atom stereocenters. The third-order valence-electron chi connectivity index (χ3n) is 3.50. The van der Waals surface area contributed by atoms with Gasteiger partial charge in [-0.05, 0) is 36.4 Å². The topological polar surface area (TPSA) is 64.4 Å². The number of amides is 1. The van der Waals surface area contributed by atoms with Crippen LogP contribution in [0.5, 0.6) is 5.75 Å². The van der Waals surface area contributed by atoms with Gasteiger partial charge in [0.05, 0.1) is 12.6 Å². The normalized spacial score (nSPS) is 16.7. The zero-order chi connectivity index (χ0) is 14.8. The molecule has 0 aromatic heterocycles. The van der Waals surface area contributed by atoms with Gasteiger partial charge in [0.1, 0.15) is 5.75 Å². The molecule has 2 aromatic carbocycles. The molecule has 0 fully saturated rings. The van der Waals surface area contributed by atoms with Gasteiger partial charge in [0.2, 0.25) is 5.91 Å². The molecule has 0 radical (unpaired) electrons. The van der Waals surface area contributed by atoms with Crippen molar-refractivity contribution in [3.05, 3.63) is 58.1 Å². The van der Waals surface area contributed by atoms with Gasteiger partial charge in [-0.2, -0.15) is 0 Å². The number of hydrogen-bond donors (Lipinski definition) is 2. The van der Waals surface area contributed by atoms with E-state index in [-0.39, 0.29) is 6.04 Å². The highest BCUT2D eigenvalue weighted by Gasteiger charge is 2.21. The smallest absolute Gasteiger partial charge is 0.248 e. The Morgan fingerprint density at radius 2 is 2.14 bits per heavy atom. The standard InChI is InChI=1S/C16H15BrN2O2/c17-11-4-5-15-13(9-11)14(6-7-21-15)19-12-3-1-2-10(8-12)16(18)20/h1-5,8-9,14,19H,6-7H2,(H2,18,20). The molecule has 0 spiro atoms. The van der Waals surface area contributed by atoms with Crippen molar-refractivity contribution in [1.29, 1.82) is 0 Å². The van der Waals surface area contributed by atoms with Gasteiger partial charge in [-0.3, -0.25) is 4.79 Å². The van der Waals surface area contributed by atoms with Crippen LogP contribution in [-0.4, -0.2) is 12.5 Å². The number of primary amides is 1. The number of nitrogens with two attached hydrogens (primary N) is 1. The van der Waals surface area contributed by atoms with E-state index < -0.39 is 5.91 Å². The van der Waals surface area contributed by atoms with Crippen molar-refractivity contribution in [1.82, 2.24) is 0 Å². The van der Waals surface area contributed by atoms with Crippen molar-refractivity contribution in [2.45, 2.75) is 12.5 Å². The summed E-state index contributed by atoms with van der Waals surface area (Å²) < 4.78 is 6.69. The van der Waals surface area contributed by atoms with Crippen LogP contribution in [-0.2, 0) is 0 Å². The third-order valence-corrected chi connectivity index (χ3v) is 3.99. The van der Waals surface area contributed by atoms with Crippen molar-refractivity contribution in [3.8, 4) is 5.75 Å². The molecule has 1 aliphatic heterocycles. The van der Waals surface area contributed by atoms with E-state index in [1.165, 1.54) is 0 Å². The van der Waals surface area contributed by atoms with Gasteiger partial charge < -0.3 is 15.8 Å². The second-order valence-corrected chi connectivity index (χ2v) is 5.88. The molecule has 2 aromatic rings. The lowest BCUT2D eigenvalue weighted by Gasteiger charge is -2.27. The van der Waals surface area contributed by atoms with E-state index in [9.17, 15) is 4.79 Å². The molecule has 0 aliphatic carbocycles. The van der Waals surface area contributed by atoms with Crippen molar-refractivity contribution >= 4 is 27.5 Å². The summed E-state index contributed by atoms with van der Waals surface area (Å²) in [6, 6.07) is 13.4. The van der Waals surface area contributed by atoms with Gasteiger partial charge in [-0.25, -0.2) is 0 Å². The highest BCUT2D eigenvalue weighted by atomic mass is 79.9. The predicted molar refractivity (Wildman–Crippen MR) is 85.6 cm³/mol. The average molecular weight is 347 g/mol. The SMILES string of the molecule is NC(=O)c1cccc(NC2CCOc3ccc(Br)cc32)c1. The predicted octanol–water partition coefficient (Wildman–Crippen LogP) is 3.48. The number of fused-ring (bicyclic) bond motifs is 1. The summed E-state index contributed by atoms with van der Waals surface area (Å²) in [5.41, 5.74) is 7.81. The molecule has 1 heterocycles. The van der Waals surface area contributed by atoms with E-state index in [0.29, 0.717) is 12.2 Å². The first-order valence-corrected chi connectivity index (χ1v) is 7.51. The molecule has 1 aliphatic rings. The van der Waals surface area contributed by atoms with E-state index in [0.717, 1.165) is 27.9 Å². The second-order valence-electron chi connectivity index (χ2n) is 4.96. The number of ether oxygens (including phenoxy) is 1. The number of hydrogen-bond acceptors (Lipinski definition) is 3. The fourth-order valence-electron chi connectivity index (χ4n) is 2.48. The summed E-state index contributed by atoms with van der Waals surface area (Å²) in [7, 11) is 0. The lowest BCUT2D eigenvalue weighted by atomic mass is 10.00. The minimum absolute atomic E-state index is 0.148. The van der Waals surface area contributed by atoms with Crippen LogP contribution in [0.25, 0.3) is 0 Å². The molecule has 0 saturated heterocycles. The lowest BCUT2D eigenvalue weighted by molar-refractivity contribution is 0.100. The highest BCUT2D eigenvalue weighted by Crippen LogP contribution is 2.36. The van der Waals surface area contributed by atoms with E-state index >= 15 is 0 Å². The Morgan fingerprint density at radius 3 is 2.95 bits per heavy atom. The molecule has 0 bridgehead atoms. The first-order chi connectivity index (χ1) is 10.1. The Kier molecular flexibility index (Phi) is 3.84. The zero-order valence-electron chi connectivity index (χ0n) is 11.3. The molecule has 5 heteroatoms. The molecule has 4 nitrogen and oxygen atoms in total. The van der Waals surface area contributed by atoms with Crippen molar-refractivity contribution < 1.29 is 9.53 Å². The number of benzene rings is 2. The Labute approximate surface area is 131 Å². The Morgan fingerprint density at radius 1 is 1.29 bits per heavy atom. The molecular weight excluding hydrogens is 332 g/mol. The maximum absolute atomic E-state index is 11.3. The molecule has 1 amide bonds. The number of halogens is 1. The van der Waals surface area contributed by atoms with Gasteiger partial charge in [0.25, 0.3) is 0 Å². The lowest BCUT2D eigenvalue weighted by Crippen LogP contribution is -2.20. The minimum Gasteiger partial charge on any atom is -0.493 e. The van der Waals surface area contributed by atoms with Gasteiger partial charge in [-0.15, -0.1) is 0 Å². The van der Waals surface area contributed by atoms with Crippen LogP contribution in [0.4, 0.5) is 5.69 Å². The first kappa shape index (κ1) is 13.9. The Bertz CT molecular complexity index is 688. The summed E-state index contributed by atoms with van der Waals surface area (Å²) in [6.45, 7) is 0.668. The van der Waals surface area contributed by atoms with Crippen molar-refractivity contribution in [2.24, 2.45) is 5.73 Å². The summed E-state index contributed by atoms with van der Waals surface area (Å²) in [5, 5.41) is 3.45. The second kappa shape index (κ2) is 5.77. The van der Waals surface area contributed by atoms with Crippen molar-refractivity contribution in [3.63, 3.8) is 0 Å². The summed E-state index contributed by atoms with van der Waals surface area (Å²) >= 11 is 3.49. The van der Waals surface area contributed by atoms with Crippen LogP contribution in [0.2, 0.25) is 0 Å². The summed E-state index contributed by atoms with van der Waals surface area (Å²) in [6.07, 6.45) is 0.865. The molecule has 21 heavy (non-hydrogen) atoms. The number of carbonyl (C=O) groups is 1. The maximum Gasteiger partial charge on any atom is 0.248 e. The molecular formula is C16H15BrN2O2. The van der Waals surface area contributed by atoms with E-state index in [1.807, 2.05) is 24.3 Å². The molecule has 3 rings (SSSR count). The first-order valence-electron chi connectivity index (χ1n) is 6.72. The number of anilines is 1. The number of rotatable bonds is 3. The largest absolute Gasteiger partial charge is 0.493 e. The Balaban J connectivity index is 1.88. The van der Waals surface area contributed by atoms with Crippen LogP contribution >= 0.6 is 15.9 Å². The van der Waals surface area contributed by atoms with E-state index in [4.69, 9.17) is 10.5 Å².